The van der Waals surface area contributed by atoms with Crippen LogP contribution in [0.1, 0.15) is 16.7 Å². The summed E-state index contributed by atoms with van der Waals surface area (Å²) in [7, 11) is 0. The van der Waals surface area contributed by atoms with Crippen molar-refractivity contribution in [2.75, 3.05) is 11.9 Å². The maximum absolute atomic E-state index is 12.8. The van der Waals surface area contributed by atoms with E-state index in [2.05, 4.69) is 5.32 Å². The van der Waals surface area contributed by atoms with Crippen molar-refractivity contribution in [3.8, 4) is 17.0 Å². The average Bonchev–Trinajstić information content (AvgIpc) is 3.09. The molecule has 0 bridgehead atoms. The van der Waals surface area contributed by atoms with Gasteiger partial charge in [0.1, 0.15) is 22.9 Å². The topological polar surface area (TPSA) is 55.6 Å². The third-order valence-corrected chi connectivity index (χ3v) is 5.79. The fraction of sp³-hybridized carbons (Fsp3) is 0.167. The third-order valence-electron chi connectivity index (χ3n) is 5.05. The van der Waals surface area contributed by atoms with Gasteiger partial charge in [0, 0.05) is 11.8 Å². The van der Waals surface area contributed by atoms with E-state index in [1.54, 1.807) is 12.1 Å². The molecule has 0 saturated heterocycles. The van der Waals surface area contributed by atoms with Crippen molar-refractivity contribution >= 4 is 40.6 Å². The summed E-state index contributed by atoms with van der Waals surface area (Å²) < 4.78 is 7.67. The highest BCUT2D eigenvalue weighted by atomic mass is 35.5. The Morgan fingerprint density at radius 1 is 1.00 bits per heavy atom. The van der Waals surface area contributed by atoms with E-state index in [-0.39, 0.29) is 12.5 Å². The van der Waals surface area contributed by atoms with Crippen molar-refractivity contribution in [2.45, 2.75) is 20.8 Å². The van der Waals surface area contributed by atoms with Crippen LogP contribution in [-0.2, 0) is 4.79 Å². The second-order valence-corrected chi connectivity index (χ2v) is 8.19. The van der Waals surface area contributed by atoms with Crippen molar-refractivity contribution in [3.05, 3.63) is 81.5 Å². The fourth-order valence-electron chi connectivity index (χ4n) is 3.50. The number of ether oxygens (including phenoxy) is 1. The molecule has 0 saturated carbocycles. The molecule has 5 nitrogen and oxygen atoms in total. The second kappa shape index (κ2) is 8.61. The summed E-state index contributed by atoms with van der Waals surface area (Å²) >= 11 is 12.3. The molecule has 1 amide bonds. The largest absolute Gasteiger partial charge is 0.483 e. The lowest BCUT2D eigenvalue weighted by Gasteiger charge is -2.13. The first kappa shape index (κ1) is 21.2. The highest BCUT2D eigenvalue weighted by Gasteiger charge is 2.19. The maximum Gasteiger partial charge on any atom is 0.263 e. The predicted molar refractivity (Wildman–Crippen MR) is 125 cm³/mol. The van der Waals surface area contributed by atoms with Gasteiger partial charge in [0.25, 0.3) is 5.91 Å². The number of hydrogen-bond donors (Lipinski definition) is 1. The molecule has 0 aliphatic rings. The van der Waals surface area contributed by atoms with Gasteiger partial charge < -0.3 is 10.1 Å². The lowest BCUT2D eigenvalue weighted by atomic mass is 10.1. The number of carbonyl (C=O) groups excluding carboxylic acids is 1. The van der Waals surface area contributed by atoms with Gasteiger partial charge in [0.05, 0.1) is 10.0 Å². The number of anilines is 1. The molecule has 31 heavy (non-hydrogen) atoms. The number of nitrogens with one attached hydrogen (secondary N) is 1. The fourth-order valence-corrected chi connectivity index (χ4v) is 3.80. The van der Waals surface area contributed by atoms with Gasteiger partial charge >= 0.3 is 0 Å². The quantitative estimate of drug-likeness (QED) is 0.388. The zero-order chi connectivity index (χ0) is 22.1. The van der Waals surface area contributed by atoms with Crippen LogP contribution < -0.4 is 10.1 Å². The summed E-state index contributed by atoms with van der Waals surface area (Å²) in [5.41, 5.74) is 5.05. The van der Waals surface area contributed by atoms with Crippen molar-refractivity contribution in [2.24, 2.45) is 0 Å². The minimum absolute atomic E-state index is 0.119. The molecule has 0 aliphatic carbocycles. The number of amides is 1. The Bertz CT molecular complexity index is 1280. The first-order valence-corrected chi connectivity index (χ1v) is 10.5. The summed E-state index contributed by atoms with van der Waals surface area (Å²) in [4.78, 5) is 17.6. The smallest absolute Gasteiger partial charge is 0.263 e. The molecular formula is C24H21Cl2N3O2. The predicted octanol–water partition coefficient (Wildman–Crippen LogP) is 6.25. The van der Waals surface area contributed by atoms with Crippen LogP contribution in [0, 0.1) is 20.8 Å². The zero-order valence-corrected chi connectivity index (χ0v) is 18.9. The molecule has 0 fully saturated rings. The van der Waals surface area contributed by atoms with Crippen molar-refractivity contribution in [1.82, 2.24) is 9.38 Å². The molecule has 7 heteroatoms. The minimum Gasteiger partial charge on any atom is -0.483 e. The number of aromatic nitrogens is 2. The lowest BCUT2D eigenvalue weighted by Crippen LogP contribution is -2.22. The number of rotatable bonds is 5. The highest BCUT2D eigenvalue weighted by Crippen LogP contribution is 2.33. The van der Waals surface area contributed by atoms with Crippen LogP contribution in [0.4, 0.5) is 5.82 Å². The molecule has 0 spiro atoms. The lowest BCUT2D eigenvalue weighted by molar-refractivity contribution is -0.118. The molecule has 0 unspecified atom stereocenters. The molecule has 2 heterocycles. The summed E-state index contributed by atoms with van der Waals surface area (Å²) in [5.74, 6) is 0.982. The first-order valence-electron chi connectivity index (χ1n) is 9.77. The van der Waals surface area contributed by atoms with E-state index in [1.807, 2.05) is 67.8 Å². The minimum atomic E-state index is -0.285. The van der Waals surface area contributed by atoms with Crippen LogP contribution in [0.5, 0.6) is 5.75 Å². The first-order chi connectivity index (χ1) is 14.8. The number of fused-ring (bicyclic) bond motifs is 1. The van der Waals surface area contributed by atoms with Crippen LogP contribution in [0.3, 0.4) is 0 Å². The van der Waals surface area contributed by atoms with Gasteiger partial charge in [-0.1, -0.05) is 53.5 Å². The van der Waals surface area contributed by atoms with E-state index in [4.69, 9.17) is 32.9 Å². The highest BCUT2D eigenvalue weighted by molar-refractivity contribution is 6.42. The number of aryl methyl sites for hydroxylation is 3. The Morgan fingerprint density at radius 2 is 1.71 bits per heavy atom. The number of imidazole rings is 1. The van der Waals surface area contributed by atoms with E-state index < -0.39 is 0 Å². The monoisotopic (exact) mass is 453 g/mol. The van der Waals surface area contributed by atoms with Crippen molar-refractivity contribution in [3.63, 3.8) is 0 Å². The molecule has 0 aliphatic heterocycles. The van der Waals surface area contributed by atoms with Gasteiger partial charge in [0.15, 0.2) is 6.61 Å². The Labute approximate surface area is 190 Å². The summed E-state index contributed by atoms with van der Waals surface area (Å²) in [6.07, 6.45) is 1.86. The number of benzene rings is 2. The van der Waals surface area contributed by atoms with E-state index in [0.29, 0.717) is 21.6 Å². The number of halogens is 2. The van der Waals surface area contributed by atoms with Crippen LogP contribution in [0.2, 0.25) is 10.0 Å². The third kappa shape index (κ3) is 4.24. The van der Waals surface area contributed by atoms with Gasteiger partial charge in [-0.3, -0.25) is 9.20 Å². The molecule has 4 aromatic rings. The summed E-state index contributed by atoms with van der Waals surface area (Å²) in [6.45, 7) is 5.76. The van der Waals surface area contributed by atoms with Gasteiger partial charge in [-0.05, 0) is 55.7 Å². The van der Waals surface area contributed by atoms with Gasteiger partial charge in [-0.25, -0.2) is 4.98 Å². The van der Waals surface area contributed by atoms with Crippen LogP contribution >= 0.6 is 23.2 Å². The Kier molecular flexibility index (Phi) is 5.90. The molecule has 0 atom stereocenters. The van der Waals surface area contributed by atoms with E-state index in [0.717, 1.165) is 33.7 Å². The summed E-state index contributed by atoms with van der Waals surface area (Å²) in [5, 5.41) is 3.84. The van der Waals surface area contributed by atoms with Crippen LogP contribution in [0.25, 0.3) is 16.9 Å². The molecule has 2 aromatic carbocycles. The Morgan fingerprint density at radius 3 is 2.42 bits per heavy atom. The van der Waals surface area contributed by atoms with Crippen molar-refractivity contribution < 1.29 is 9.53 Å². The van der Waals surface area contributed by atoms with E-state index in [1.165, 1.54) is 0 Å². The SMILES string of the molecule is Cc1cccc(C)c1OCC(=O)Nc1c(-c2ccc(Cl)c(Cl)c2)nc2c(C)cccn12. The average molecular weight is 454 g/mol. The number of carbonyl (C=O) groups is 1. The van der Waals surface area contributed by atoms with E-state index >= 15 is 0 Å². The molecule has 4 rings (SSSR count). The molecule has 1 N–H and O–H groups in total. The molecular weight excluding hydrogens is 433 g/mol. The molecule has 2 aromatic heterocycles. The molecule has 0 radical (unpaired) electrons. The second-order valence-electron chi connectivity index (χ2n) is 7.38. The van der Waals surface area contributed by atoms with Gasteiger partial charge in [0.2, 0.25) is 0 Å². The molecule has 158 valence electrons. The summed E-state index contributed by atoms with van der Waals surface area (Å²) in [6, 6.07) is 15.0. The van der Waals surface area contributed by atoms with Crippen LogP contribution in [-0.4, -0.2) is 21.9 Å². The number of pyridine rings is 1. The van der Waals surface area contributed by atoms with Crippen molar-refractivity contribution in [1.29, 1.82) is 0 Å². The normalized spacial score (nSPS) is 11.0. The maximum atomic E-state index is 12.8. The number of hydrogen-bond acceptors (Lipinski definition) is 3. The Balaban J connectivity index is 1.68. The van der Waals surface area contributed by atoms with Gasteiger partial charge in [-0.15, -0.1) is 0 Å². The van der Waals surface area contributed by atoms with E-state index in [9.17, 15) is 4.79 Å². The standard InChI is InChI=1S/C24H21Cl2N3O2/c1-14-6-4-7-15(2)22(14)31-13-20(30)27-24-21(17-9-10-18(25)19(26)12-17)28-23-16(3)8-5-11-29(23)24/h4-12H,13H2,1-3H3,(H,27,30). The number of nitrogens with zero attached hydrogens (tertiary/aromatic N) is 2. The zero-order valence-electron chi connectivity index (χ0n) is 17.4. The van der Waals surface area contributed by atoms with Gasteiger partial charge in [-0.2, -0.15) is 0 Å². The van der Waals surface area contributed by atoms with Crippen LogP contribution in [0.15, 0.2) is 54.7 Å². The number of para-hydroxylation sites is 1. The Hall–Kier alpha value is -3.02.